The van der Waals surface area contributed by atoms with E-state index in [0.717, 1.165) is 31.5 Å². The third-order valence-corrected chi connectivity index (χ3v) is 5.48. The highest BCUT2D eigenvalue weighted by Crippen LogP contribution is 2.22. The molecule has 1 fully saturated rings. The summed E-state index contributed by atoms with van der Waals surface area (Å²) in [5.74, 6) is -0.623. The standard InChI is InChI=1S/C21H22N2O4S/c1-15-6-8-16(9-7-15)18(24)13-27-21(26)17-5-4-10-22-20(17)28-14-19(25)23-11-2-3-12-23/h4-10H,2-3,11-14H2,1H3. The fraction of sp³-hybridized carbons (Fsp3) is 0.333. The molecule has 0 N–H and O–H groups in total. The lowest BCUT2D eigenvalue weighted by Gasteiger charge is -2.15. The number of carbonyl (C=O) groups is 3. The van der Waals surface area contributed by atoms with Gasteiger partial charge >= 0.3 is 5.97 Å². The molecule has 0 spiro atoms. The van der Waals surface area contributed by atoms with Gasteiger partial charge in [0.2, 0.25) is 5.91 Å². The van der Waals surface area contributed by atoms with Crippen molar-refractivity contribution in [3.63, 3.8) is 0 Å². The van der Waals surface area contributed by atoms with Crippen LogP contribution in [-0.4, -0.2) is 53.0 Å². The van der Waals surface area contributed by atoms with Gasteiger partial charge < -0.3 is 9.64 Å². The summed E-state index contributed by atoms with van der Waals surface area (Å²) in [6.07, 6.45) is 3.63. The Hall–Kier alpha value is -2.67. The number of ether oxygens (including phenoxy) is 1. The average Bonchev–Trinajstić information content (AvgIpc) is 3.26. The van der Waals surface area contributed by atoms with Gasteiger partial charge in [-0.25, -0.2) is 9.78 Å². The third kappa shape index (κ3) is 5.19. The number of aryl methyl sites for hydroxylation is 1. The monoisotopic (exact) mass is 398 g/mol. The lowest BCUT2D eigenvalue weighted by Crippen LogP contribution is -2.29. The number of rotatable bonds is 7. The fourth-order valence-electron chi connectivity index (χ4n) is 2.88. The first-order valence-corrected chi connectivity index (χ1v) is 10.2. The smallest absolute Gasteiger partial charge is 0.341 e. The molecule has 0 unspecified atom stereocenters. The van der Waals surface area contributed by atoms with Gasteiger partial charge in [0.25, 0.3) is 0 Å². The number of ketones is 1. The molecule has 0 bridgehead atoms. The SMILES string of the molecule is Cc1ccc(C(=O)COC(=O)c2cccnc2SCC(=O)N2CCCC2)cc1. The van der Waals surface area contributed by atoms with Gasteiger partial charge in [-0.2, -0.15) is 0 Å². The predicted molar refractivity (Wildman–Crippen MR) is 107 cm³/mol. The van der Waals surface area contributed by atoms with E-state index < -0.39 is 5.97 Å². The zero-order chi connectivity index (χ0) is 19.9. The highest BCUT2D eigenvalue weighted by Gasteiger charge is 2.21. The van der Waals surface area contributed by atoms with Crippen LogP contribution in [0.2, 0.25) is 0 Å². The van der Waals surface area contributed by atoms with Crippen LogP contribution in [0.25, 0.3) is 0 Å². The first-order valence-electron chi connectivity index (χ1n) is 9.17. The van der Waals surface area contributed by atoms with Crippen molar-refractivity contribution in [2.24, 2.45) is 0 Å². The number of benzene rings is 1. The van der Waals surface area contributed by atoms with Gasteiger partial charge in [0.1, 0.15) is 5.03 Å². The molecule has 3 rings (SSSR count). The zero-order valence-electron chi connectivity index (χ0n) is 15.7. The quantitative estimate of drug-likeness (QED) is 0.405. The van der Waals surface area contributed by atoms with E-state index in [1.165, 1.54) is 11.8 Å². The first-order chi connectivity index (χ1) is 13.5. The maximum atomic E-state index is 12.4. The van der Waals surface area contributed by atoms with Crippen molar-refractivity contribution in [3.8, 4) is 0 Å². The van der Waals surface area contributed by atoms with Crippen molar-refractivity contribution < 1.29 is 19.1 Å². The van der Waals surface area contributed by atoms with E-state index in [1.807, 2.05) is 24.0 Å². The lowest BCUT2D eigenvalue weighted by atomic mass is 10.1. The molecular weight excluding hydrogens is 376 g/mol. The fourth-order valence-corrected chi connectivity index (χ4v) is 3.77. The van der Waals surface area contributed by atoms with Crippen LogP contribution in [0.1, 0.15) is 39.1 Å². The Morgan fingerprint density at radius 2 is 1.82 bits per heavy atom. The van der Waals surface area contributed by atoms with Crippen LogP contribution < -0.4 is 0 Å². The molecule has 1 saturated heterocycles. The predicted octanol–water partition coefficient (Wildman–Crippen LogP) is 3.14. The topological polar surface area (TPSA) is 76.6 Å². The zero-order valence-corrected chi connectivity index (χ0v) is 16.5. The molecule has 1 amide bonds. The van der Waals surface area contributed by atoms with Gasteiger partial charge in [-0.05, 0) is 31.9 Å². The van der Waals surface area contributed by atoms with E-state index >= 15 is 0 Å². The Bertz CT molecular complexity index is 861. The summed E-state index contributed by atoms with van der Waals surface area (Å²) in [5, 5.41) is 0.433. The van der Waals surface area contributed by atoms with Crippen molar-refractivity contribution >= 4 is 29.4 Å². The first kappa shape index (κ1) is 20.1. The molecule has 1 aromatic carbocycles. The van der Waals surface area contributed by atoms with Gasteiger partial charge in [-0.3, -0.25) is 9.59 Å². The maximum absolute atomic E-state index is 12.4. The van der Waals surface area contributed by atoms with E-state index in [2.05, 4.69) is 4.98 Å². The van der Waals surface area contributed by atoms with Crippen molar-refractivity contribution in [2.75, 3.05) is 25.4 Å². The molecule has 28 heavy (non-hydrogen) atoms. The Morgan fingerprint density at radius 3 is 2.54 bits per heavy atom. The minimum absolute atomic E-state index is 0.0435. The summed E-state index contributed by atoms with van der Waals surface area (Å²) in [6, 6.07) is 10.3. The molecule has 0 radical (unpaired) electrons. The molecular formula is C21H22N2O4S. The van der Waals surface area contributed by atoms with Crippen LogP contribution in [-0.2, 0) is 9.53 Å². The molecule has 2 heterocycles. The minimum atomic E-state index is -0.621. The van der Waals surface area contributed by atoms with E-state index in [0.29, 0.717) is 10.6 Å². The van der Waals surface area contributed by atoms with Crippen LogP contribution in [0.4, 0.5) is 0 Å². The summed E-state index contributed by atoms with van der Waals surface area (Å²) < 4.78 is 5.18. The van der Waals surface area contributed by atoms with Crippen LogP contribution in [0.3, 0.4) is 0 Å². The van der Waals surface area contributed by atoms with E-state index in [-0.39, 0.29) is 29.6 Å². The average molecular weight is 398 g/mol. The highest BCUT2D eigenvalue weighted by molar-refractivity contribution is 8.00. The molecule has 1 aromatic heterocycles. The summed E-state index contributed by atoms with van der Waals surface area (Å²) in [7, 11) is 0. The number of hydrogen-bond donors (Lipinski definition) is 0. The number of pyridine rings is 1. The van der Waals surface area contributed by atoms with Gasteiger partial charge in [0, 0.05) is 24.8 Å². The van der Waals surface area contributed by atoms with E-state index in [4.69, 9.17) is 4.74 Å². The second kappa shape index (κ2) is 9.50. The molecule has 2 aromatic rings. The molecule has 0 aliphatic carbocycles. The maximum Gasteiger partial charge on any atom is 0.341 e. The highest BCUT2D eigenvalue weighted by atomic mass is 32.2. The summed E-state index contributed by atoms with van der Waals surface area (Å²) >= 11 is 1.21. The molecule has 1 aliphatic rings. The minimum Gasteiger partial charge on any atom is -0.454 e. The normalized spacial score (nSPS) is 13.4. The Labute approximate surface area is 168 Å². The Balaban J connectivity index is 1.58. The number of nitrogens with zero attached hydrogens (tertiary/aromatic N) is 2. The second-order valence-electron chi connectivity index (χ2n) is 6.60. The molecule has 0 atom stereocenters. The van der Waals surface area contributed by atoms with Crippen LogP contribution >= 0.6 is 11.8 Å². The largest absolute Gasteiger partial charge is 0.454 e. The molecule has 7 heteroatoms. The number of hydrogen-bond acceptors (Lipinski definition) is 6. The van der Waals surface area contributed by atoms with E-state index in [9.17, 15) is 14.4 Å². The van der Waals surface area contributed by atoms with Crippen molar-refractivity contribution in [2.45, 2.75) is 24.8 Å². The van der Waals surface area contributed by atoms with Gasteiger partial charge in [0.15, 0.2) is 12.4 Å². The van der Waals surface area contributed by atoms with Crippen molar-refractivity contribution in [1.29, 1.82) is 0 Å². The Morgan fingerprint density at radius 1 is 1.11 bits per heavy atom. The number of likely N-dealkylation sites (tertiary alicyclic amines) is 1. The van der Waals surface area contributed by atoms with Gasteiger partial charge in [-0.15, -0.1) is 0 Å². The second-order valence-corrected chi connectivity index (χ2v) is 7.56. The molecule has 6 nitrogen and oxygen atoms in total. The lowest BCUT2D eigenvalue weighted by molar-refractivity contribution is -0.127. The van der Waals surface area contributed by atoms with Crippen LogP contribution in [0.5, 0.6) is 0 Å². The number of carbonyl (C=O) groups excluding carboxylic acids is 3. The van der Waals surface area contributed by atoms with Gasteiger partial charge in [-0.1, -0.05) is 41.6 Å². The van der Waals surface area contributed by atoms with Crippen molar-refractivity contribution in [3.05, 3.63) is 59.3 Å². The van der Waals surface area contributed by atoms with Gasteiger partial charge in [0.05, 0.1) is 11.3 Å². The summed E-state index contributed by atoms with van der Waals surface area (Å²) in [6.45, 7) is 3.17. The number of Topliss-reactive ketones (excluding diaryl/α,β-unsaturated/α-hetero) is 1. The van der Waals surface area contributed by atoms with E-state index in [1.54, 1.807) is 30.5 Å². The molecule has 0 saturated carbocycles. The number of thioether (sulfide) groups is 1. The summed E-state index contributed by atoms with van der Waals surface area (Å²) in [4.78, 5) is 42.9. The third-order valence-electron chi connectivity index (χ3n) is 4.49. The van der Waals surface area contributed by atoms with Crippen molar-refractivity contribution in [1.82, 2.24) is 9.88 Å². The number of aromatic nitrogens is 1. The number of esters is 1. The molecule has 1 aliphatic heterocycles. The number of amides is 1. The van der Waals surface area contributed by atoms with Crippen LogP contribution in [0.15, 0.2) is 47.6 Å². The summed E-state index contributed by atoms with van der Waals surface area (Å²) in [5.41, 5.74) is 1.81. The van der Waals surface area contributed by atoms with Crippen LogP contribution in [0, 0.1) is 6.92 Å². The molecule has 146 valence electrons. The Kier molecular flexibility index (Phi) is 6.81.